The molecule has 4 heteroatoms. The number of carbonyl (C=O) groups is 1. The summed E-state index contributed by atoms with van der Waals surface area (Å²) in [7, 11) is 0. The van der Waals surface area contributed by atoms with Crippen molar-refractivity contribution in [2.24, 2.45) is 0 Å². The predicted molar refractivity (Wildman–Crippen MR) is 66.1 cm³/mol. The van der Waals surface area contributed by atoms with E-state index in [1.807, 2.05) is 38.1 Å². The average molecular weight is 237 g/mol. The Morgan fingerprint density at radius 1 is 1.29 bits per heavy atom. The van der Waals surface area contributed by atoms with E-state index in [1.165, 1.54) is 0 Å². The molecule has 0 bridgehead atoms. The number of rotatable bonds is 6. The van der Waals surface area contributed by atoms with E-state index < -0.39 is 12.0 Å². The highest BCUT2D eigenvalue weighted by atomic mass is 16.5. The normalized spacial score (nSPS) is 12.5. The fourth-order valence-corrected chi connectivity index (χ4v) is 1.32. The topological polar surface area (TPSA) is 58.6 Å². The van der Waals surface area contributed by atoms with Crippen LogP contribution in [0.15, 0.2) is 24.3 Å². The molecule has 1 rings (SSSR count). The number of nitrogens with one attached hydrogen (secondary N) is 1. The van der Waals surface area contributed by atoms with E-state index in [1.54, 1.807) is 6.92 Å². The highest BCUT2D eigenvalue weighted by Gasteiger charge is 2.09. The molecule has 0 aromatic heterocycles. The van der Waals surface area contributed by atoms with Crippen LogP contribution in [-0.2, 0) is 11.3 Å². The van der Waals surface area contributed by atoms with E-state index in [9.17, 15) is 4.79 Å². The van der Waals surface area contributed by atoms with Crippen molar-refractivity contribution in [3.8, 4) is 5.75 Å². The third-order valence-corrected chi connectivity index (χ3v) is 2.28. The van der Waals surface area contributed by atoms with Gasteiger partial charge in [-0.15, -0.1) is 0 Å². The van der Waals surface area contributed by atoms with E-state index in [2.05, 4.69) is 5.32 Å². The number of hydrogen-bond donors (Lipinski definition) is 2. The molecule has 1 aromatic carbocycles. The molecule has 0 saturated carbocycles. The molecule has 1 atom stereocenters. The average Bonchev–Trinajstić information content (AvgIpc) is 2.26. The van der Waals surface area contributed by atoms with Gasteiger partial charge in [0.2, 0.25) is 0 Å². The first-order valence-electron chi connectivity index (χ1n) is 5.71. The van der Waals surface area contributed by atoms with Gasteiger partial charge in [-0.25, -0.2) is 0 Å². The second-order valence-electron chi connectivity index (χ2n) is 4.25. The lowest BCUT2D eigenvalue weighted by atomic mass is 10.2. The number of benzene rings is 1. The van der Waals surface area contributed by atoms with E-state index in [4.69, 9.17) is 9.84 Å². The van der Waals surface area contributed by atoms with Crippen molar-refractivity contribution in [1.29, 1.82) is 0 Å². The molecule has 1 aromatic rings. The molecule has 0 heterocycles. The van der Waals surface area contributed by atoms with Crippen molar-refractivity contribution >= 4 is 5.97 Å². The highest BCUT2D eigenvalue weighted by molar-refractivity contribution is 5.72. The Morgan fingerprint density at radius 3 is 2.35 bits per heavy atom. The molecular formula is C13H19NO3. The summed E-state index contributed by atoms with van der Waals surface area (Å²) in [6.45, 7) is 6.11. The summed E-state index contributed by atoms with van der Waals surface area (Å²) in [4.78, 5) is 10.6. The smallest absolute Gasteiger partial charge is 0.320 e. The minimum absolute atomic E-state index is 0.158. The van der Waals surface area contributed by atoms with Crippen LogP contribution >= 0.6 is 0 Å². The Morgan fingerprint density at radius 2 is 1.88 bits per heavy atom. The third-order valence-electron chi connectivity index (χ3n) is 2.28. The second kappa shape index (κ2) is 6.25. The fraction of sp³-hybridized carbons (Fsp3) is 0.462. The summed E-state index contributed by atoms with van der Waals surface area (Å²) in [5, 5.41) is 11.6. The van der Waals surface area contributed by atoms with Crippen molar-refractivity contribution in [3.63, 3.8) is 0 Å². The summed E-state index contributed by atoms with van der Waals surface area (Å²) in [5.41, 5.74) is 1.04. The van der Waals surface area contributed by atoms with Gasteiger partial charge in [-0.2, -0.15) is 0 Å². The zero-order chi connectivity index (χ0) is 12.8. The van der Waals surface area contributed by atoms with E-state index in [0.717, 1.165) is 11.3 Å². The lowest BCUT2D eigenvalue weighted by molar-refractivity contribution is -0.139. The Balaban J connectivity index is 2.48. The molecule has 17 heavy (non-hydrogen) atoms. The molecule has 0 aliphatic carbocycles. The van der Waals surface area contributed by atoms with E-state index in [-0.39, 0.29) is 6.10 Å². The highest BCUT2D eigenvalue weighted by Crippen LogP contribution is 2.13. The van der Waals surface area contributed by atoms with Gasteiger partial charge in [0.1, 0.15) is 11.8 Å². The predicted octanol–water partition coefficient (Wildman–Crippen LogP) is 2.04. The monoisotopic (exact) mass is 237 g/mol. The molecule has 2 N–H and O–H groups in total. The summed E-state index contributed by atoms with van der Waals surface area (Å²) >= 11 is 0. The van der Waals surface area contributed by atoms with Crippen LogP contribution in [0.5, 0.6) is 5.75 Å². The molecule has 0 radical (unpaired) electrons. The van der Waals surface area contributed by atoms with Gasteiger partial charge in [0.25, 0.3) is 0 Å². The first-order valence-corrected chi connectivity index (χ1v) is 5.71. The molecule has 4 nitrogen and oxygen atoms in total. The van der Waals surface area contributed by atoms with Gasteiger partial charge in [0.15, 0.2) is 0 Å². The van der Waals surface area contributed by atoms with Gasteiger partial charge in [-0.05, 0) is 38.5 Å². The minimum Gasteiger partial charge on any atom is -0.491 e. The van der Waals surface area contributed by atoms with Crippen molar-refractivity contribution < 1.29 is 14.6 Å². The van der Waals surface area contributed by atoms with Gasteiger partial charge in [-0.1, -0.05) is 12.1 Å². The molecule has 0 aliphatic heterocycles. The standard InChI is InChI=1S/C13H19NO3/c1-9(2)17-12-6-4-11(5-7-12)8-14-10(3)13(15)16/h4-7,9-10,14H,8H2,1-3H3,(H,15,16). The maximum Gasteiger partial charge on any atom is 0.320 e. The Hall–Kier alpha value is -1.55. The zero-order valence-corrected chi connectivity index (χ0v) is 10.4. The van der Waals surface area contributed by atoms with Crippen molar-refractivity contribution in [1.82, 2.24) is 5.32 Å². The quantitative estimate of drug-likeness (QED) is 0.795. The van der Waals surface area contributed by atoms with Gasteiger partial charge in [0, 0.05) is 6.54 Å². The second-order valence-corrected chi connectivity index (χ2v) is 4.25. The largest absolute Gasteiger partial charge is 0.491 e. The molecule has 1 unspecified atom stereocenters. The maximum absolute atomic E-state index is 10.6. The number of carboxylic acids is 1. The van der Waals surface area contributed by atoms with Gasteiger partial charge in [-0.3, -0.25) is 4.79 Å². The Bertz CT molecular complexity index is 359. The van der Waals surface area contributed by atoms with E-state index >= 15 is 0 Å². The Labute approximate surface area is 102 Å². The van der Waals surface area contributed by atoms with E-state index in [0.29, 0.717) is 6.54 Å². The van der Waals surface area contributed by atoms with Crippen LogP contribution in [0.2, 0.25) is 0 Å². The summed E-state index contributed by atoms with van der Waals surface area (Å²) in [6.07, 6.45) is 0.158. The van der Waals surface area contributed by atoms with Crippen molar-refractivity contribution in [2.75, 3.05) is 0 Å². The molecule has 0 spiro atoms. The first kappa shape index (κ1) is 13.5. The minimum atomic E-state index is -0.843. The zero-order valence-electron chi connectivity index (χ0n) is 10.4. The van der Waals surface area contributed by atoms with Crippen LogP contribution in [-0.4, -0.2) is 23.2 Å². The third kappa shape index (κ3) is 4.87. The van der Waals surface area contributed by atoms with Crippen LogP contribution < -0.4 is 10.1 Å². The molecule has 0 amide bonds. The van der Waals surface area contributed by atoms with Crippen LogP contribution in [0.1, 0.15) is 26.3 Å². The number of ether oxygens (including phenoxy) is 1. The number of aliphatic carboxylic acids is 1. The fourth-order valence-electron chi connectivity index (χ4n) is 1.32. The summed E-state index contributed by atoms with van der Waals surface area (Å²) in [5.74, 6) is -0.0141. The lowest BCUT2D eigenvalue weighted by Crippen LogP contribution is -2.33. The lowest BCUT2D eigenvalue weighted by Gasteiger charge is -2.11. The molecule has 0 fully saturated rings. The number of hydrogen-bond acceptors (Lipinski definition) is 3. The van der Waals surface area contributed by atoms with Crippen LogP contribution in [0.25, 0.3) is 0 Å². The molecule has 0 aliphatic rings. The van der Waals surface area contributed by atoms with Crippen LogP contribution in [0.3, 0.4) is 0 Å². The first-order chi connectivity index (χ1) is 7.99. The van der Waals surface area contributed by atoms with Gasteiger partial charge >= 0.3 is 5.97 Å². The molecule has 0 saturated heterocycles. The van der Waals surface area contributed by atoms with Gasteiger partial charge in [0.05, 0.1) is 6.10 Å². The molecular weight excluding hydrogens is 218 g/mol. The summed E-state index contributed by atoms with van der Waals surface area (Å²) in [6, 6.07) is 7.10. The SMILES string of the molecule is CC(C)Oc1ccc(CNC(C)C(=O)O)cc1. The van der Waals surface area contributed by atoms with Crippen molar-refractivity contribution in [2.45, 2.75) is 39.5 Å². The summed E-state index contributed by atoms with van der Waals surface area (Å²) < 4.78 is 5.52. The van der Waals surface area contributed by atoms with Gasteiger partial charge < -0.3 is 15.2 Å². The van der Waals surface area contributed by atoms with Crippen molar-refractivity contribution in [3.05, 3.63) is 29.8 Å². The van der Waals surface area contributed by atoms with Crippen LogP contribution in [0, 0.1) is 0 Å². The maximum atomic E-state index is 10.6. The number of carboxylic acid groups (broad SMARTS) is 1. The molecule has 94 valence electrons. The van der Waals surface area contributed by atoms with Crippen LogP contribution in [0.4, 0.5) is 0 Å². The Kier molecular flexibility index (Phi) is 4.97.